The fraction of sp³-hybridized carbons (Fsp3) is 0.160. The maximum Gasteiger partial charge on any atom is 0.234 e. The van der Waals surface area contributed by atoms with Gasteiger partial charge in [0.1, 0.15) is 5.82 Å². The van der Waals surface area contributed by atoms with E-state index in [1.54, 1.807) is 22.8 Å². The van der Waals surface area contributed by atoms with Crippen LogP contribution in [0.25, 0.3) is 17.1 Å². The molecule has 3 aromatic carbocycles. The Morgan fingerprint density at radius 3 is 2.41 bits per heavy atom. The summed E-state index contributed by atoms with van der Waals surface area (Å²) in [5.74, 6) is 0.0183. The third-order valence-electron chi connectivity index (χ3n) is 5.02. The molecule has 0 fully saturated rings. The largest absolute Gasteiger partial charge is 0.325 e. The second-order valence-corrected chi connectivity index (χ2v) is 8.29. The fourth-order valence-electron chi connectivity index (χ4n) is 3.26. The van der Waals surface area contributed by atoms with Crippen LogP contribution < -0.4 is 5.32 Å². The number of halogens is 1. The van der Waals surface area contributed by atoms with Crippen molar-refractivity contribution in [2.45, 2.75) is 25.4 Å². The second kappa shape index (κ2) is 9.78. The Morgan fingerprint density at radius 1 is 1.00 bits per heavy atom. The number of thioether (sulfide) groups is 1. The minimum absolute atomic E-state index is 0.148. The van der Waals surface area contributed by atoms with Crippen LogP contribution in [-0.4, -0.2) is 26.4 Å². The fourth-order valence-corrected chi connectivity index (χ4v) is 4.01. The first-order valence-corrected chi connectivity index (χ1v) is 11.3. The monoisotopic (exact) mass is 446 g/mol. The van der Waals surface area contributed by atoms with E-state index in [1.807, 2.05) is 55.5 Å². The summed E-state index contributed by atoms with van der Waals surface area (Å²) >= 11 is 1.26. The molecule has 0 aliphatic carbocycles. The van der Waals surface area contributed by atoms with Gasteiger partial charge in [0.25, 0.3) is 0 Å². The van der Waals surface area contributed by atoms with Crippen molar-refractivity contribution in [3.63, 3.8) is 0 Å². The zero-order chi connectivity index (χ0) is 22.5. The summed E-state index contributed by atoms with van der Waals surface area (Å²) in [7, 11) is 0. The summed E-state index contributed by atoms with van der Waals surface area (Å²) in [6, 6.07) is 22.1. The number of nitrogens with zero attached hydrogens (tertiary/aromatic N) is 3. The Bertz CT molecular complexity index is 1220. The van der Waals surface area contributed by atoms with Crippen LogP contribution in [0.2, 0.25) is 0 Å². The number of nitrogens with one attached hydrogen (secondary N) is 1. The molecule has 1 amide bonds. The van der Waals surface area contributed by atoms with Crippen molar-refractivity contribution in [2.75, 3.05) is 11.1 Å². The van der Waals surface area contributed by atoms with Crippen LogP contribution in [0.3, 0.4) is 0 Å². The molecule has 0 unspecified atom stereocenters. The van der Waals surface area contributed by atoms with Gasteiger partial charge in [0.05, 0.1) is 11.3 Å². The molecule has 0 spiro atoms. The average Bonchev–Trinajstić information content (AvgIpc) is 3.23. The van der Waals surface area contributed by atoms with Gasteiger partial charge in [-0.2, -0.15) is 0 Å². The molecule has 1 aromatic heterocycles. The highest BCUT2D eigenvalue weighted by Crippen LogP contribution is 2.29. The zero-order valence-electron chi connectivity index (χ0n) is 17.9. The molecular weight excluding hydrogens is 423 g/mol. The van der Waals surface area contributed by atoms with Crippen LogP contribution in [-0.2, 0) is 11.2 Å². The predicted octanol–water partition coefficient (Wildman–Crippen LogP) is 5.68. The molecule has 4 rings (SSSR count). The van der Waals surface area contributed by atoms with E-state index in [2.05, 4.69) is 22.4 Å². The van der Waals surface area contributed by atoms with Crippen molar-refractivity contribution >= 4 is 23.4 Å². The van der Waals surface area contributed by atoms with E-state index in [4.69, 9.17) is 0 Å². The molecule has 1 heterocycles. The van der Waals surface area contributed by atoms with Gasteiger partial charge in [-0.3, -0.25) is 9.36 Å². The molecule has 4 aromatic rings. The number of amides is 1. The van der Waals surface area contributed by atoms with E-state index in [0.29, 0.717) is 16.5 Å². The number of aromatic nitrogens is 3. The van der Waals surface area contributed by atoms with Crippen LogP contribution >= 0.6 is 11.8 Å². The summed E-state index contributed by atoms with van der Waals surface area (Å²) < 4.78 is 16.3. The van der Waals surface area contributed by atoms with Crippen molar-refractivity contribution < 1.29 is 9.18 Å². The highest BCUT2D eigenvalue weighted by Gasteiger charge is 2.19. The summed E-state index contributed by atoms with van der Waals surface area (Å²) in [6.45, 7) is 4.09. The van der Waals surface area contributed by atoms with E-state index >= 15 is 0 Å². The first-order chi connectivity index (χ1) is 15.5. The van der Waals surface area contributed by atoms with Crippen LogP contribution in [0.4, 0.5) is 10.1 Å². The first kappa shape index (κ1) is 21.8. The normalized spacial score (nSPS) is 10.8. The van der Waals surface area contributed by atoms with Gasteiger partial charge in [-0.1, -0.05) is 60.6 Å². The molecule has 0 atom stereocenters. The molecule has 0 saturated carbocycles. The van der Waals surface area contributed by atoms with Crippen LogP contribution in [0.1, 0.15) is 18.1 Å². The van der Waals surface area contributed by atoms with E-state index < -0.39 is 0 Å². The number of benzene rings is 3. The third kappa shape index (κ3) is 4.89. The summed E-state index contributed by atoms with van der Waals surface area (Å²) in [5.41, 5.74) is 4.23. The topological polar surface area (TPSA) is 59.8 Å². The van der Waals surface area contributed by atoms with Gasteiger partial charge in [0.15, 0.2) is 11.0 Å². The minimum Gasteiger partial charge on any atom is -0.325 e. The van der Waals surface area contributed by atoms with Gasteiger partial charge in [-0.15, -0.1) is 10.2 Å². The maximum absolute atomic E-state index is 14.5. The summed E-state index contributed by atoms with van der Waals surface area (Å²) in [4.78, 5) is 12.5. The molecule has 1 N–H and O–H groups in total. The van der Waals surface area contributed by atoms with Crippen LogP contribution in [0.15, 0.2) is 78.0 Å². The molecule has 7 heteroatoms. The molecule has 0 bridgehead atoms. The molecule has 0 saturated heterocycles. The quantitative estimate of drug-likeness (QED) is 0.371. The predicted molar refractivity (Wildman–Crippen MR) is 127 cm³/mol. The number of hydrogen-bond acceptors (Lipinski definition) is 4. The van der Waals surface area contributed by atoms with E-state index in [9.17, 15) is 9.18 Å². The smallest absolute Gasteiger partial charge is 0.234 e. The molecule has 0 aliphatic heterocycles. The van der Waals surface area contributed by atoms with Gasteiger partial charge in [0.2, 0.25) is 5.91 Å². The van der Waals surface area contributed by atoms with E-state index in [0.717, 1.165) is 23.4 Å². The molecule has 162 valence electrons. The number of hydrogen-bond donors (Lipinski definition) is 1. The molecule has 0 radical (unpaired) electrons. The van der Waals surface area contributed by atoms with Crippen molar-refractivity contribution in [1.29, 1.82) is 0 Å². The molecule has 5 nitrogen and oxygen atoms in total. The van der Waals surface area contributed by atoms with Crippen molar-refractivity contribution in [1.82, 2.24) is 14.8 Å². The molecule has 32 heavy (non-hydrogen) atoms. The van der Waals surface area contributed by atoms with Crippen molar-refractivity contribution in [3.05, 3.63) is 89.7 Å². The molecular formula is C25H23FN4OS. The highest BCUT2D eigenvalue weighted by molar-refractivity contribution is 7.99. The summed E-state index contributed by atoms with van der Waals surface area (Å²) in [6.07, 6.45) is 0.948. The lowest BCUT2D eigenvalue weighted by molar-refractivity contribution is -0.113. The van der Waals surface area contributed by atoms with Gasteiger partial charge < -0.3 is 5.32 Å². The Kier molecular flexibility index (Phi) is 6.66. The first-order valence-electron chi connectivity index (χ1n) is 10.3. The number of aryl methyl sites for hydroxylation is 2. The van der Waals surface area contributed by atoms with Crippen molar-refractivity contribution in [2.24, 2.45) is 0 Å². The Balaban J connectivity index is 1.58. The number of rotatable bonds is 7. The minimum atomic E-state index is -0.377. The summed E-state index contributed by atoms with van der Waals surface area (Å²) in [5, 5.41) is 11.9. The average molecular weight is 447 g/mol. The third-order valence-corrected chi connectivity index (χ3v) is 5.95. The lowest BCUT2D eigenvalue weighted by Gasteiger charge is -2.11. The van der Waals surface area contributed by atoms with Crippen molar-refractivity contribution in [3.8, 4) is 17.1 Å². The molecule has 0 aliphatic rings. The highest BCUT2D eigenvalue weighted by atomic mass is 32.2. The maximum atomic E-state index is 14.5. The number of anilines is 1. The van der Waals surface area contributed by atoms with Gasteiger partial charge >= 0.3 is 0 Å². The van der Waals surface area contributed by atoms with Gasteiger partial charge in [-0.25, -0.2) is 4.39 Å². The van der Waals surface area contributed by atoms with Gasteiger partial charge in [-0.05, 0) is 55.3 Å². The van der Waals surface area contributed by atoms with E-state index in [-0.39, 0.29) is 17.5 Å². The Labute approximate surface area is 190 Å². The Hall–Kier alpha value is -3.45. The Morgan fingerprint density at radius 2 is 1.72 bits per heavy atom. The lowest BCUT2D eigenvalue weighted by atomic mass is 10.1. The number of carbonyl (C=O) groups excluding carboxylic acids is 1. The zero-order valence-corrected chi connectivity index (χ0v) is 18.7. The van der Waals surface area contributed by atoms with Crippen LogP contribution in [0, 0.1) is 12.7 Å². The second-order valence-electron chi connectivity index (χ2n) is 7.34. The van der Waals surface area contributed by atoms with E-state index in [1.165, 1.54) is 23.4 Å². The lowest BCUT2D eigenvalue weighted by Crippen LogP contribution is -2.14. The standard InChI is InChI=1S/C25H23FN4OS/c1-3-18-10-12-19(13-11-18)27-23(31)16-32-25-29-28-24(21-6-4-5-7-22(21)26)30(25)20-14-8-17(2)9-15-20/h4-15H,3,16H2,1-2H3,(H,27,31). The van der Waals surface area contributed by atoms with Crippen LogP contribution in [0.5, 0.6) is 0 Å². The SMILES string of the molecule is CCc1ccc(NC(=O)CSc2nnc(-c3ccccc3F)n2-c2ccc(C)cc2)cc1. The van der Waals surface area contributed by atoms with Gasteiger partial charge in [0, 0.05) is 11.4 Å². The number of carbonyl (C=O) groups is 1.